The van der Waals surface area contributed by atoms with E-state index in [-0.39, 0.29) is 62.1 Å². The number of hydrogen-bond acceptors (Lipinski definition) is 7. The predicted octanol–water partition coefficient (Wildman–Crippen LogP) is 4.48. The number of anilines is 1. The highest BCUT2D eigenvalue weighted by molar-refractivity contribution is 5.96. The van der Waals surface area contributed by atoms with Crippen LogP contribution >= 0.6 is 0 Å². The van der Waals surface area contributed by atoms with Gasteiger partial charge < -0.3 is 39.3 Å². The molecular formula is C34H36F3N5O7. The van der Waals surface area contributed by atoms with E-state index in [0.29, 0.717) is 16.6 Å². The fraction of sp³-hybridized carbons (Fsp3) is 0.294. The van der Waals surface area contributed by atoms with Gasteiger partial charge in [-0.05, 0) is 55.3 Å². The van der Waals surface area contributed by atoms with Gasteiger partial charge in [-0.3, -0.25) is 14.4 Å². The molecule has 1 atom stereocenters. The van der Waals surface area contributed by atoms with Crippen LogP contribution in [0.4, 0.5) is 23.7 Å². The number of benzene rings is 2. The van der Waals surface area contributed by atoms with Crippen LogP contribution in [-0.4, -0.2) is 72.8 Å². The highest BCUT2D eigenvalue weighted by atomic mass is 19.1. The molecule has 0 bridgehead atoms. The molecule has 0 unspecified atom stereocenters. The van der Waals surface area contributed by atoms with Crippen LogP contribution in [0.2, 0.25) is 0 Å². The maximum Gasteiger partial charge on any atom is 0.407 e. The number of pyridine rings is 1. The highest BCUT2D eigenvalue weighted by Gasteiger charge is 2.22. The first-order valence-corrected chi connectivity index (χ1v) is 15.1. The molecule has 0 radical (unpaired) electrons. The van der Waals surface area contributed by atoms with Crippen molar-refractivity contribution in [3.05, 3.63) is 106 Å². The van der Waals surface area contributed by atoms with E-state index in [1.165, 1.54) is 47.0 Å². The second-order valence-electron chi connectivity index (χ2n) is 11.1. The van der Waals surface area contributed by atoms with Crippen molar-refractivity contribution in [2.45, 2.75) is 32.0 Å². The second-order valence-corrected chi connectivity index (χ2v) is 11.1. The lowest BCUT2D eigenvalue weighted by molar-refractivity contribution is -0.123. The molecule has 0 aliphatic rings. The molecule has 15 heteroatoms. The van der Waals surface area contributed by atoms with E-state index >= 15 is 0 Å². The van der Waals surface area contributed by atoms with Crippen LogP contribution in [-0.2, 0) is 32.2 Å². The SMILES string of the molecule is COCCOC(=O)N[C@@H](CC/C=C/C(=O)N(C)C)C(=O)Nc1cccn(Cc2cc3cc(F)cc(OCc4ccc(F)cc4F)c3[nH]2)c1=O. The van der Waals surface area contributed by atoms with E-state index in [9.17, 15) is 32.3 Å². The largest absolute Gasteiger partial charge is 0.486 e. The second kappa shape index (κ2) is 17.0. The third-order valence-electron chi connectivity index (χ3n) is 7.18. The molecule has 2 aromatic carbocycles. The zero-order valence-corrected chi connectivity index (χ0v) is 27.1. The Hall–Kier alpha value is -5.57. The Morgan fingerprint density at radius 3 is 2.57 bits per heavy atom. The van der Waals surface area contributed by atoms with Crippen LogP contribution in [0.1, 0.15) is 24.1 Å². The van der Waals surface area contributed by atoms with E-state index in [1.54, 1.807) is 32.3 Å². The van der Waals surface area contributed by atoms with Crippen molar-refractivity contribution in [2.75, 3.05) is 39.7 Å². The molecule has 0 aliphatic carbocycles. The maximum absolute atomic E-state index is 14.4. The molecule has 0 saturated heterocycles. The number of alkyl carbamates (subject to hydrolysis) is 1. The number of aromatic nitrogens is 2. The number of ether oxygens (including phenoxy) is 3. The molecule has 2 aromatic heterocycles. The van der Waals surface area contributed by atoms with Gasteiger partial charge in [-0.1, -0.05) is 6.08 Å². The zero-order chi connectivity index (χ0) is 35.5. The summed E-state index contributed by atoms with van der Waals surface area (Å²) in [5, 5.41) is 5.47. The predicted molar refractivity (Wildman–Crippen MR) is 175 cm³/mol. The Labute approximate surface area is 279 Å². The summed E-state index contributed by atoms with van der Waals surface area (Å²) in [5.41, 5.74) is 0.317. The maximum atomic E-state index is 14.4. The summed E-state index contributed by atoms with van der Waals surface area (Å²) >= 11 is 0. The number of hydrogen-bond donors (Lipinski definition) is 3. The molecule has 2 heterocycles. The van der Waals surface area contributed by atoms with Gasteiger partial charge in [-0.2, -0.15) is 0 Å². The van der Waals surface area contributed by atoms with E-state index in [4.69, 9.17) is 14.2 Å². The summed E-state index contributed by atoms with van der Waals surface area (Å²) in [7, 11) is 4.63. The average molecular weight is 684 g/mol. The third-order valence-corrected chi connectivity index (χ3v) is 7.18. The van der Waals surface area contributed by atoms with Crippen LogP contribution in [0.15, 0.2) is 71.7 Å². The summed E-state index contributed by atoms with van der Waals surface area (Å²) in [6.07, 6.45) is 3.89. The van der Waals surface area contributed by atoms with Gasteiger partial charge in [0.05, 0.1) is 18.7 Å². The Morgan fingerprint density at radius 1 is 1.04 bits per heavy atom. The molecule has 260 valence electrons. The fourth-order valence-corrected chi connectivity index (χ4v) is 4.65. The standard InChI is InChI=1S/C34H36F3N5O7/c1-41(2)30(43)9-5-4-7-27(40-34(46)48-14-13-47-3)32(44)39-28-8-6-12-42(33(28)45)19-25-16-22-15-24(36)18-29(31(22)38-25)49-20-21-10-11-23(35)17-26(21)37/h5-6,8-12,15-18,27,38H,4,7,13-14,19-20H2,1-3H3,(H,39,44)(H,40,46)/b9-5+/t27-/m0/s1. The van der Waals surface area contributed by atoms with Crippen LogP contribution in [0.5, 0.6) is 5.75 Å². The summed E-state index contributed by atoms with van der Waals surface area (Å²) in [6, 6.07) is 8.89. The summed E-state index contributed by atoms with van der Waals surface area (Å²) in [4.78, 5) is 55.3. The van der Waals surface area contributed by atoms with Crippen molar-refractivity contribution < 1.29 is 41.8 Å². The van der Waals surface area contributed by atoms with Crippen molar-refractivity contribution in [1.29, 1.82) is 0 Å². The van der Waals surface area contributed by atoms with E-state index < -0.39 is 41.1 Å². The fourth-order valence-electron chi connectivity index (χ4n) is 4.65. The van der Waals surface area contributed by atoms with Crippen LogP contribution < -0.4 is 20.9 Å². The Kier molecular flexibility index (Phi) is 12.6. The molecule has 3 amide bonds. The van der Waals surface area contributed by atoms with Crippen molar-refractivity contribution in [2.24, 2.45) is 0 Å². The number of rotatable bonds is 15. The number of carbonyl (C=O) groups is 3. The number of aromatic amines is 1. The number of nitrogens with zero attached hydrogens (tertiary/aromatic N) is 2. The molecule has 12 nitrogen and oxygen atoms in total. The molecule has 49 heavy (non-hydrogen) atoms. The van der Waals surface area contributed by atoms with Gasteiger partial charge in [0.2, 0.25) is 11.8 Å². The first-order valence-electron chi connectivity index (χ1n) is 15.1. The van der Waals surface area contributed by atoms with E-state index in [1.807, 2.05) is 0 Å². The number of allylic oxidation sites excluding steroid dienone is 1. The van der Waals surface area contributed by atoms with Crippen molar-refractivity contribution in [3.63, 3.8) is 0 Å². The Balaban J connectivity index is 1.49. The van der Waals surface area contributed by atoms with Gasteiger partial charge in [0, 0.05) is 56.2 Å². The smallest absolute Gasteiger partial charge is 0.407 e. The molecular weight excluding hydrogens is 647 g/mol. The number of methoxy groups -OCH3 is 1. The summed E-state index contributed by atoms with van der Waals surface area (Å²) < 4.78 is 58.7. The van der Waals surface area contributed by atoms with Crippen molar-refractivity contribution in [1.82, 2.24) is 19.8 Å². The highest BCUT2D eigenvalue weighted by Crippen LogP contribution is 2.29. The third kappa shape index (κ3) is 10.2. The monoisotopic (exact) mass is 683 g/mol. The molecule has 0 aliphatic heterocycles. The molecule has 4 rings (SSSR count). The number of likely N-dealkylation sites (N-methyl/N-ethyl adjacent to an activating group) is 1. The minimum atomic E-state index is -1.12. The molecule has 4 aromatic rings. The number of halogens is 3. The lowest BCUT2D eigenvalue weighted by atomic mass is 10.1. The lowest BCUT2D eigenvalue weighted by Crippen LogP contribution is -2.45. The minimum absolute atomic E-state index is 0.0108. The molecule has 0 spiro atoms. The number of carbonyl (C=O) groups excluding carboxylic acids is 3. The van der Waals surface area contributed by atoms with Crippen molar-refractivity contribution in [3.8, 4) is 5.75 Å². The van der Waals surface area contributed by atoms with Gasteiger partial charge >= 0.3 is 6.09 Å². The van der Waals surface area contributed by atoms with Crippen LogP contribution in [0.3, 0.4) is 0 Å². The molecule has 3 N–H and O–H groups in total. The van der Waals surface area contributed by atoms with Gasteiger partial charge in [-0.25, -0.2) is 18.0 Å². The number of H-pyrrole nitrogens is 1. The topological polar surface area (TPSA) is 144 Å². The minimum Gasteiger partial charge on any atom is -0.486 e. The number of nitrogens with one attached hydrogen (secondary N) is 3. The first kappa shape index (κ1) is 36.3. The Bertz CT molecular complexity index is 1890. The van der Waals surface area contributed by atoms with Gasteiger partial charge in [0.25, 0.3) is 5.56 Å². The van der Waals surface area contributed by atoms with E-state index in [2.05, 4.69) is 15.6 Å². The van der Waals surface area contributed by atoms with Crippen LogP contribution in [0, 0.1) is 17.5 Å². The summed E-state index contributed by atoms with van der Waals surface area (Å²) in [6.45, 7) is -0.189. The van der Waals surface area contributed by atoms with E-state index in [0.717, 1.165) is 18.2 Å². The Morgan fingerprint density at radius 2 is 1.84 bits per heavy atom. The van der Waals surface area contributed by atoms with Gasteiger partial charge in [0.1, 0.15) is 48.1 Å². The number of amides is 3. The number of fused-ring (bicyclic) bond motifs is 1. The zero-order valence-electron chi connectivity index (χ0n) is 27.1. The van der Waals surface area contributed by atoms with Crippen molar-refractivity contribution >= 4 is 34.5 Å². The normalized spacial score (nSPS) is 11.8. The quantitative estimate of drug-likeness (QED) is 0.124. The van der Waals surface area contributed by atoms with Gasteiger partial charge in [-0.15, -0.1) is 0 Å². The average Bonchev–Trinajstić information content (AvgIpc) is 3.46. The summed E-state index contributed by atoms with van der Waals surface area (Å²) in [5.74, 6) is -3.00. The molecule has 0 fully saturated rings. The van der Waals surface area contributed by atoms with Gasteiger partial charge in [0.15, 0.2) is 0 Å². The van der Waals surface area contributed by atoms with Crippen LogP contribution in [0.25, 0.3) is 10.9 Å². The lowest BCUT2D eigenvalue weighted by Gasteiger charge is -2.18. The molecule has 0 saturated carbocycles. The first-order chi connectivity index (χ1) is 23.4.